The lowest BCUT2D eigenvalue weighted by atomic mass is 9.47. The number of hydrogen-bond donors (Lipinski definition) is 0. The first kappa shape index (κ1) is 18.2. The van der Waals surface area contributed by atoms with Crippen LogP contribution < -0.4 is 0 Å². The number of rotatable bonds is 3. The topological polar surface area (TPSA) is 9.23 Å². The second-order valence-electron chi connectivity index (χ2n) is 10.1. The molecule has 7 atom stereocenters. The monoisotopic (exact) mass is 352 g/mol. The molecule has 1 heteroatoms. The molecule has 4 unspecified atom stereocenters. The number of methoxy groups -OCH3 is 1. The van der Waals surface area contributed by atoms with Crippen LogP contribution in [0.1, 0.15) is 72.1 Å². The summed E-state index contributed by atoms with van der Waals surface area (Å²) >= 11 is 0. The van der Waals surface area contributed by atoms with E-state index in [-0.39, 0.29) is 0 Å². The summed E-state index contributed by atoms with van der Waals surface area (Å²) in [6.07, 6.45) is 20.8. The highest BCUT2D eigenvalue weighted by Gasteiger charge is 2.58. The molecule has 1 nitrogen and oxygen atoms in total. The number of hydrogen-bond acceptors (Lipinski definition) is 1. The van der Waals surface area contributed by atoms with E-state index in [1.165, 1.54) is 44.3 Å². The molecule has 0 heterocycles. The molecule has 0 aromatic heterocycles. The third-order valence-corrected chi connectivity index (χ3v) is 9.19. The van der Waals surface area contributed by atoms with E-state index in [2.05, 4.69) is 38.8 Å². The highest BCUT2D eigenvalue weighted by molar-refractivity contribution is 5.35. The Bertz CT molecular complexity index is 664. The maximum atomic E-state index is 5.65. The van der Waals surface area contributed by atoms with E-state index in [1.54, 1.807) is 5.57 Å². The Balaban J connectivity index is 1.62. The molecule has 2 fully saturated rings. The number of terminal acetylenes is 1. The summed E-state index contributed by atoms with van der Waals surface area (Å²) < 4.78 is 5.57. The van der Waals surface area contributed by atoms with Gasteiger partial charge < -0.3 is 4.74 Å². The van der Waals surface area contributed by atoms with Crippen LogP contribution in [0.25, 0.3) is 0 Å². The van der Waals surface area contributed by atoms with Gasteiger partial charge in [-0.3, -0.25) is 0 Å². The minimum Gasteiger partial charge on any atom is -0.501 e. The third-order valence-electron chi connectivity index (χ3n) is 9.19. The minimum absolute atomic E-state index is 0.370. The van der Waals surface area contributed by atoms with Crippen molar-refractivity contribution < 1.29 is 4.74 Å². The molecule has 0 spiro atoms. The molecule has 26 heavy (non-hydrogen) atoms. The number of fused-ring (bicyclic) bond motifs is 5. The molecule has 142 valence electrons. The molecule has 4 rings (SSSR count). The molecule has 0 aliphatic heterocycles. The molecular formula is C25H36O. The quantitative estimate of drug-likeness (QED) is 0.537. The predicted molar refractivity (Wildman–Crippen MR) is 108 cm³/mol. The van der Waals surface area contributed by atoms with Crippen LogP contribution in [0.2, 0.25) is 0 Å². The smallest absolute Gasteiger partial charge is 0.0958 e. The van der Waals surface area contributed by atoms with Gasteiger partial charge in [-0.1, -0.05) is 26.8 Å². The van der Waals surface area contributed by atoms with E-state index in [4.69, 9.17) is 11.2 Å². The van der Waals surface area contributed by atoms with Gasteiger partial charge in [-0.2, -0.15) is 0 Å². The maximum absolute atomic E-state index is 5.65. The first-order valence-electron chi connectivity index (χ1n) is 10.8. The molecule has 0 bridgehead atoms. The molecule has 0 amide bonds. The van der Waals surface area contributed by atoms with Crippen molar-refractivity contribution in [1.29, 1.82) is 0 Å². The molecule has 0 aromatic rings. The molecule has 4 aliphatic rings. The Morgan fingerprint density at radius 1 is 1.23 bits per heavy atom. The highest BCUT2D eigenvalue weighted by Crippen LogP contribution is 2.67. The first-order valence-corrected chi connectivity index (χ1v) is 10.8. The van der Waals surface area contributed by atoms with Crippen molar-refractivity contribution in [2.75, 3.05) is 7.11 Å². The summed E-state index contributed by atoms with van der Waals surface area (Å²) in [5.74, 6) is 8.26. The molecule has 0 saturated heterocycles. The summed E-state index contributed by atoms with van der Waals surface area (Å²) in [6.45, 7) is 7.57. The largest absolute Gasteiger partial charge is 0.501 e. The van der Waals surface area contributed by atoms with Gasteiger partial charge in [0.2, 0.25) is 0 Å². The van der Waals surface area contributed by atoms with Gasteiger partial charge in [0, 0.05) is 12.8 Å². The van der Waals surface area contributed by atoms with Crippen molar-refractivity contribution in [2.45, 2.75) is 72.1 Å². The van der Waals surface area contributed by atoms with E-state index < -0.39 is 0 Å². The second-order valence-corrected chi connectivity index (χ2v) is 10.1. The second kappa shape index (κ2) is 6.47. The lowest BCUT2D eigenvalue weighted by molar-refractivity contribution is -0.0453. The molecule has 0 aromatic carbocycles. The van der Waals surface area contributed by atoms with Crippen LogP contribution in [0.5, 0.6) is 0 Å². The van der Waals surface area contributed by atoms with E-state index in [0.29, 0.717) is 16.7 Å². The van der Waals surface area contributed by atoms with Crippen molar-refractivity contribution in [3.8, 4) is 12.3 Å². The Morgan fingerprint density at radius 2 is 2.04 bits per heavy atom. The zero-order valence-corrected chi connectivity index (χ0v) is 17.2. The van der Waals surface area contributed by atoms with Crippen molar-refractivity contribution >= 4 is 0 Å². The number of allylic oxidation sites excluding steroid dienone is 4. The summed E-state index contributed by atoms with van der Waals surface area (Å²) in [5.41, 5.74) is 2.46. The van der Waals surface area contributed by atoms with Crippen molar-refractivity contribution in [3.05, 3.63) is 23.5 Å². The zero-order chi connectivity index (χ0) is 18.5. The van der Waals surface area contributed by atoms with Crippen LogP contribution in [-0.2, 0) is 4.74 Å². The van der Waals surface area contributed by atoms with Gasteiger partial charge in [-0.25, -0.2) is 0 Å². The summed E-state index contributed by atoms with van der Waals surface area (Å²) in [6, 6.07) is 0. The Kier molecular flexibility index (Phi) is 4.53. The van der Waals surface area contributed by atoms with Gasteiger partial charge in [0.25, 0.3) is 0 Å². The van der Waals surface area contributed by atoms with Crippen LogP contribution in [0.4, 0.5) is 0 Å². The fourth-order valence-corrected chi connectivity index (χ4v) is 7.76. The maximum Gasteiger partial charge on any atom is 0.0958 e. The SMILES string of the molecule is C#CCC(C)[C@H]1CCC2C3CC=C4C=C(OC)CC[C@]4(C)C3CC[C@@]21C. The molecule has 0 radical (unpaired) electrons. The van der Waals surface area contributed by atoms with Crippen LogP contribution >= 0.6 is 0 Å². The highest BCUT2D eigenvalue weighted by atomic mass is 16.5. The summed E-state index contributed by atoms with van der Waals surface area (Å²) in [5, 5.41) is 0. The van der Waals surface area contributed by atoms with E-state index in [9.17, 15) is 0 Å². The van der Waals surface area contributed by atoms with E-state index >= 15 is 0 Å². The van der Waals surface area contributed by atoms with Gasteiger partial charge in [-0.05, 0) is 90.6 Å². The van der Waals surface area contributed by atoms with Crippen molar-refractivity contribution in [1.82, 2.24) is 0 Å². The zero-order valence-electron chi connectivity index (χ0n) is 17.2. The minimum atomic E-state index is 0.370. The van der Waals surface area contributed by atoms with Crippen molar-refractivity contribution in [3.63, 3.8) is 0 Å². The number of ether oxygens (including phenoxy) is 1. The van der Waals surface area contributed by atoms with Gasteiger partial charge in [-0.15, -0.1) is 12.3 Å². The third kappa shape index (κ3) is 2.51. The molecular weight excluding hydrogens is 316 g/mol. The van der Waals surface area contributed by atoms with Gasteiger partial charge in [0.1, 0.15) is 0 Å². The van der Waals surface area contributed by atoms with Crippen LogP contribution in [0.3, 0.4) is 0 Å². The average molecular weight is 353 g/mol. The lowest BCUT2D eigenvalue weighted by Gasteiger charge is -2.57. The normalized spacial score (nSPS) is 45.3. The Labute approximate surface area is 160 Å². The van der Waals surface area contributed by atoms with Crippen LogP contribution in [-0.4, -0.2) is 7.11 Å². The van der Waals surface area contributed by atoms with Crippen LogP contribution in [0.15, 0.2) is 23.5 Å². The molecule has 0 N–H and O–H groups in total. The molecule has 2 saturated carbocycles. The van der Waals surface area contributed by atoms with E-state index in [0.717, 1.165) is 36.5 Å². The standard InChI is InChI=1S/C25H36O/c1-6-7-17(2)21-10-11-22-20-9-8-18-16-19(26-5)12-14-24(18,3)23(20)13-15-25(21,22)4/h1,8,16-17,20-23H,7,9-15H2,2-5H3/t17?,20?,21-,22?,23?,24+,25-/m1/s1. The van der Waals surface area contributed by atoms with Gasteiger partial charge in [0.15, 0.2) is 0 Å². The summed E-state index contributed by atoms with van der Waals surface area (Å²) in [7, 11) is 1.82. The van der Waals surface area contributed by atoms with Gasteiger partial charge in [0.05, 0.1) is 12.9 Å². The fraction of sp³-hybridized carbons (Fsp3) is 0.760. The predicted octanol–water partition coefficient (Wildman–Crippen LogP) is 6.37. The van der Waals surface area contributed by atoms with Crippen molar-refractivity contribution in [2.24, 2.45) is 40.4 Å². The Hall–Kier alpha value is -1.16. The Morgan fingerprint density at radius 3 is 2.77 bits per heavy atom. The average Bonchev–Trinajstić information content (AvgIpc) is 2.98. The fourth-order valence-electron chi connectivity index (χ4n) is 7.76. The molecule has 4 aliphatic carbocycles. The summed E-state index contributed by atoms with van der Waals surface area (Å²) in [4.78, 5) is 0. The van der Waals surface area contributed by atoms with E-state index in [1.807, 2.05) is 7.11 Å². The lowest BCUT2D eigenvalue weighted by Crippen LogP contribution is -2.49. The first-order chi connectivity index (χ1) is 12.4. The van der Waals surface area contributed by atoms with Crippen LogP contribution in [0, 0.1) is 52.8 Å². The van der Waals surface area contributed by atoms with Gasteiger partial charge >= 0.3 is 0 Å².